The van der Waals surface area contributed by atoms with Gasteiger partial charge in [-0.05, 0) is 44.5 Å². The van der Waals surface area contributed by atoms with Gasteiger partial charge in [0.2, 0.25) is 5.91 Å². The molecule has 0 spiro atoms. The first-order chi connectivity index (χ1) is 9.82. The van der Waals surface area contributed by atoms with Crippen LogP contribution in [0, 0.1) is 5.92 Å². The summed E-state index contributed by atoms with van der Waals surface area (Å²) in [6, 6.07) is 1.08. The number of amides is 1. The van der Waals surface area contributed by atoms with Crippen molar-refractivity contribution >= 4 is 13.8 Å². The quantitative estimate of drug-likeness (QED) is 0.811. The largest absolute Gasteiger partial charge is 0.337 e. The van der Waals surface area contributed by atoms with Gasteiger partial charge in [0, 0.05) is 24.5 Å². The van der Waals surface area contributed by atoms with E-state index < -0.39 is 0 Å². The zero-order chi connectivity index (χ0) is 15.6. The average Bonchev–Trinajstić information content (AvgIpc) is 2.65. The van der Waals surface area contributed by atoms with Gasteiger partial charge in [-0.2, -0.15) is 0 Å². The van der Waals surface area contributed by atoms with Gasteiger partial charge in [0.05, 0.1) is 7.85 Å². The molecule has 2 aliphatic rings. The molecule has 1 N–H and O–H groups in total. The van der Waals surface area contributed by atoms with Crippen molar-refractivity contribution in [3.05, 3.63) is 0 Å². The van der Waals surface area contributed by atoms with Gasteiger partial charge in [-0.15, -0.1) is 0 Å². The number of likely N-dealkylation sites (tertiary alicyclic amines) is 1. The van der Waals surface area contributed by atoms with Crippen LogP contribution in [0.15, 0.2) is 0 Å². The zero-order valence-electron chi connectivity index (χ0n) is 14.2. The Morgan fingerprint density at radius 2 is 1.95 bits per heavy atom. The third-order valence-corrected chi connectivity index (χ3v) is 5.01. The third-order valence-electron chi connectivity index (χ3n) is 5.01. The first kappa shape index (κ1) is 16.9. The molecule has 4 heteroatoms. The van der Waals surface area contributed by atoms with Crippen molar-refractivity contribution in [3.8, 4) is 0 Å². The van der Waals surface area contributed by atoms with Crippen LogP contribution in [0.4, 0.5) is 0 Å². The molecule has 2 fully saturated rings. The molecule has 0 aromatic rings. The maximum absolute atomic E-state index is 12.4. The van der Waals surface area contributed by atoms with Crippen molar-refractivity contribution in [3.63, 3.8) is 0 Å². The van der Waals surface area contributed by atoms with Crippen molar-refractivity contribution in [2.24, 2.45) is 5.92 Å². The van der Waals surface area contributed by atoms with E-state index in [1.54, 1.807) is 0 Å². The summed E-state index contributed by atoms with van der Waals surface area (Å²) >= 11 is 0. The molecule has 3 atom stereocenters. The molecule has 1 amide bonds. The van der Waals surface area contributed by atoms with Crippen LogP contribution < -0.4 is 5.32 Å². The summed E-state index contributed by atoms with van der Waals surface area (Å²) < 4.78 is 0. The lowest BCUT2D eigenvalue weighted by Gasteiger charge is -2.38. The second-order valence-corrected chi connectivity index (χ2v) is 7.68. The van der Waals surface area contributed by atoms with E-state index in [2.05, 4.69) is 37.9 Å². The number of nitrogens with zero attached hydrogens (tertiary/aromatic N) is 1. The minimum atomic E-state index is -0.311. The van der Waals surface area contributed by atoms with E-state index in [9.17, 15) is 4.79 Å². The average molecular weight is 290 g/mol. The Labute approximate surface area is 131 Å². The normalized spacial score (nSPS) is 34.8. The maximum Gasteiger partial charge on any atom is 0.223 e. The Kier molecular flexibility index (Phi) is 5.40. The van der Waals surface area contributed by atoms with Gasteiger partial charge in [0.1, 0.15) is 0 Å². The zero-order valence-corrected chi connectivity index (χ0v) is 14.2. The van der Waals surface area contributed by atoms with Gasteiger partial charge in [-0.1, -0.05) is 33.1 Å². The Morgan fingerprint density at radius 1 is 1.24 bits per heavy atom. The molecule has 1 aliphatic heterocycles. The number of nitrogens with one attached hydrogen (secondary N) is 1. The molecule has 0 aromatic heterocycles. The van der Waals surface area contributed by atoms with E-state index in [-0.39, 0.29) is 5.44 Å². The third kappa shape index (κ3) is 4.03. The summed E-state index contributed by atoms with van der Waals surface area (Å²) in [6.45, 7) is 8.57. The van der Waals surface area contributed by atoms with Gasteiger partial charge in [-0.25, -0.2) is 0 Å². The van der Waals surface area contributed by atoms with E-state index in [0.29, 0.717) is 36.4 Å². The molecule has 1 aliphatic carbocycles. The molecule has 1 saturated carbocycles. The number of carbonyl (C=O) groups is 1. The van der Waals surface area contributed by atoms with Crippen LogP contribution in [0.3, 0.4) is 0 Å². The van der Waals surface area contributed by atoms with Crippen LogP contribution in [0.2, 0.25) is 0 Å². The summed E-state index contributed by atoms with van der Waals surface area (Å²) in [5, 5.41) is 3.57. The highest BCUT2D eigenvalue weighted by Gasteiger charge is 2.43. The van der Waals surface area contributed by atoms with Gasteiger partial charge < -0.3 is 10.2 Å². The lowest BCUT2D eigenvalue weighted by atomic mass is 9.67. The van der Waals surface area contributed by atoms with E-state index in [0.717, 1.165) is 19.3 Å². The number of hydrogen-bond donors (Lipinski definition) is 1. The van der Waals surface area contributed by atoms with Crippen LogP contribution in [-0.4, -0.2) is 42.2 Å². The highest BCUT2D eigenvalue weighted by molar-refractivity contribution is 6.15. The molecule has 118 valence electrons. The molecular formula is C17H31BN2O. The van der Waals surface area contributed by atoms with Gasteiger partial charge in [-0.3, -0.25) is 4.79 Å². The van der Waals surface area contributed by atoms with Crippen LogP contribution in [-0.2, 0) is 4.79 Å². The molecule has 2 rings (SSSR count). The predicted octanol–water partition coefficient (Wildman–Crippen LogP) is 2.83. The fourth-order valence-electron chi connectivity index (χ4n) is 4.38. The monoisotopic (exact) mass is 290 g/mol. The second kappa shape index (κ2) is 6.72. The van der Waals surface area contributed by atoms with E-state index in [1.807, 2.05) is 0 Å². The fraction of sp³-hybridized carbons (Fsp3) is 0.941. The highest BCUT2D eigenvalue weighted by atomic mass is 16.2. The topological polar surface area (TPSA) is 32.3 Å². The van der Waals surface area contributed by atoms with Gasteiger partial charge >= 0.3 is 0 Å². The van der Waals surface area contributed by atoms with Crippen molar-refractivity contribution in [2.75, 3.05) is 0 Å². The molecule has 3 nitrogen and oxygen atoms in total. The Balaban J connectivity index is 2.18. The molecule has 0 bridgehead atoms. The van der Waals surface area contributed by atoms with Crippen molar-refractivity contribution < 1.29 is 4.79 Å². The van der Waals surface area contributed by atoms with Crippen molar-refractivity contribution in [1.82, 2.24) is 10.2 Å². The van der Waals surface area contributed by atoms with Crippen LogP contribution in [0.1, 0.15) is 72.6 Å². The summed E-state index contributed by atoms with van der Waals surface area (Å²) in [5.41, 5.74) is -0.311. The molecule has 0 aromatic carbocycles. The lowest BCUT2D eigenvalue weighted by Crippen LogP contribution is -2.51. The van der Waals surface area contributed by atoms with E-state index >= 15 is 0 Å². The van der Waals surface area contributed by atoms with Crippen LogP contribution in [0.5, 0.6) is 0 Å². The van der Waals surface area contributed by atoms with Crippen LogP contribution >= 0.6 is 0 Å². The Bertz CT molecular complexity index is 372. The van der Waals surface area contributed by atoms with Gasteiger partial charge in [0.15, 0.2) is 0 Å². The number of carbonyl (C=O) groups excluding carboxylic acids is 1. The predicted molar refractivity (Wildman–Crippen MR) is 88.3 cm³/mol. The Hall–Kier alpha value is -0.505. The van der Waals surface area contributed by atoms with Crippen molar-refractivity contribution in [2.45, 2.75) is 96.2 Å². The lowest BCUT2D eigenvalue weighted by molar-refractivity contribution is -0.130. The molecule has 21 heavy (non-hydrogen) atoms. The first-order valence-electron chi connectivity index (χ1n) is 8.70. The molecular weight excluding hydrogens is 259 g/mol. The number of hydrogen-bond acceptors (Lipinski definition) is 2. The second-order valence-electron chi connectivity index (χ2n) is 7.68. The number of fused-ring (bicyclic) bond motifs is 1. The molecule has 1 heterocycles. The summed E-state index contributed by atoms with van der Waals surface area (Å²) in [4.78, 5) is 14.5. The summed E-state index contributed by atoms with van der Waals surface area (Å²) in [6.07, 6.45) is 7.39. The van der Waals surface area contributed by atoms with Gasteiger partial charge in [0.25, 0.3) is 0 Å². The fourth-order valence-corrected chi connectivity index (χ4v) is 4.38. The minimum absolute atomic E-state index is 0.304. The maximum atomic E-state index is 12.4. The highest BCUT2D eigenvalue weighted by Crippen LogP contribution is 2.38. The SMILES string of the molecule is [B]C1(NC(C)C)CCCCCC2C(CC(=O)N2C(C)C)C1. The van der Waals surface area contributed by atoms with E-state index in [1.165, 1.54) is 19.3 Å². The standard InChI is InChI=1S/C17H31BN2O/c1-12(2)19-17(18)9-7-5-6-8-15-14(11-17)10-16(21)20(15)13(3)4/h12-15,19H,5-11H2,1-4H3. The first-order valence-corrected chi connectivity index (χ1v) is 8.70. The van der Waals surface area contributed by atoms with Crippen molar-refractivity contribution in [1.29, 1.82) is 0 Å². The van der Waals surface area contributed by atoms with Crippen LogP contribution in [0.25, 0.3) is 0 Å². The molecule has 1 saturated heterocycles. The molecule has 3 unspecified atom stereocenters. The Morgan fingerprint density at radius 3 is 2.57 bits per heavy atom. The summed E-state index contributed by atoms with van der Waals surface area (Å²) in [7, 11) is 6.68. The number of rotatable bonds is 3. The summed E-state index contributed by atoms with van der Waals surface area (Å²) in [5.74, 6) is 0.738. The minimum Gasteiger partial charge on any atom is -0.337 e. The molecule has 2 radical (unpaired) electrons. The smallest absolute Gasteiger partial charge is 0.223 e. The van der Waals surface area contributed by atoms with E-state index in [4.69, 9.17) is 7.85 Å².